The zero-order valence-electron chi connectivity index (χ0n) is 41.4. The number of hydrogen-bond donors (Lipinski definition) is 0. The van der Waals surface area contributed by atoms with Crippen molar-refractivity contribution < 1.29 is 28.6 Å². The van der Waals surface area contributed by atoms with Gasteiger partial charge in [0.1, 0.15) is 13.2 Å². The summed E-state index contributed by atoms with van der Waals surface area (Å²) in [6.45, 7) is 6.25. The lowest BCUT2D eigenvalue weighted by atomic mass is 10.1. The first-order chi connectivity index (χ1) is 32.0. The second-order valence-electron chi connectivity index (χ2n) is 16.3. The Hall–Kier alpha value is -4.45. The Morgan fingerprint density at radius 1 is 0.338 bits per heavy atom. The molecule has 0 aliphatic carbocycles. The van der Waals surface area contributed by atoms with Crippen LogP contribution in [0.4, 0.5) is 0 Å². The molecular formula is C59H92O6. The fourth-order valence-corrected chi connectivity index (χ4v) is 6.35. The molecule has 0 aliphatic heterocycles. The average Bonchev–Trinajstić information content (AvgIpc) is 3.30. The lowest BCUT2D eigenvalue weighted by molar-refractivity contribution is -0.166. The van der Waals surface area contributed by atoms with Crippen LogP contribution in [-0.2, 0) is 28.6 Å². The third-order valence-corrected chi connectivity index (χ3v) is 10.2. The van der Waals surface area contributed by atoms with Crippen LogP contribution in [0.25, 0.3) is 0 Å². The van der Waals surface area contributed by atoms with Crippen LogP contribution < -0.4 is 0 Å². The molecule has 6 heteroatoms. The van der Waals surface area contributed by atoms with Crippen molar-refractivity contribution in [3.05, 3.63) is 134 Å². The molecule has 0 rings (SSSR count). The van der Waals surface area contributed by atoms with Crippen LogP contribution in [-0.4, -0.2) is 37.2 Å². The molecule has 0 aromatic heterocycles. The number of esters is 3. The molecule has 0 saturated carbocycles. The van der Waals surface area contributed by atoms with Gasteiger partial charge in [-0.15, -0.1) is 0 Å². The summed E-state index contributed by atoms with van der Waals surface area (Å²) in [6.07, 6.45) is 73.1. The third-order valence-electron chi connectivity index (χ3n) is 10.2. The fraction of sp³-hybridized carbons (Fsp3) is 0.576. The normalized spacial score (nSPS) is 13.2. The number of unbranched alkanes of at least 4 members (excludes halogenated alkanes) is 12. The number of carbonyl (C=O) groups excluding carboxylic acids is 3. The topological polar surface area (TPSA) is 78.9 Å². The van der Waals surface area contributed by atoms with Crippen LogP contribution in [0, 0.1) is 0 Å². The van der Waals surface area contributed by atoms with E-state index in [4.69, 9.17) is 14.2 Å². The predicted octanol–water partition coefficient (Wildman–Crippen LogP) is 17.1. The lowest BCUT2D eigenvalue weighted by Crippen LogP contribution is -2.30. The van der Waals surface area contributed by atoms with E-state index in [1.807, 2.05) is 12.2 Å². The van der Waals surface area contributed by atoms with Crippen molar-refractivity contribution in [1.82, 2.24) is 0 Å². The molecule has 6 nitrogen and oxygen atoms in total. The minimum atomic E-state index is -0.842. The van der Waals surface area contributed by atoms with Crippen LogP contribution in [0.1, 0.15) is 201 Å². The zero-order valence-corrected chi connectivity index (χ0v) is 41.4. The van der Waals surface area contributed by atoms with E-state index < -0.39 is 6.10 Å². The summed E-state index contributed by atoms with van der Waals surface area (Å²) in [5.41, 5.74) is 0. The van der Waals surface area contributed by atoms with Gasteiger partial charge in [-0.05, 0) is 116 Å². The van der Waals surface area contributed by atoms with Crippen molar-refractivity contribution in [3.63, 3.8) is 0 Å². The Bertz CT molecular complexity index is 1450. The van der Waals surface area contributed by atoms with E-state index in [0.29, 0.717) is 19.3 Å². The Labute approximate surface area is 398 Å². The highest BCUT2D eigenvalue weighted by atomic mass is 16.6. The molecule has 0 fully saturated rings. The number of rotatable bonds is 44. The van der Waals surface area contributed by atoms with Crippen molar-refractivity contribution in [2.45, 2.75) is 207 Å². The first-order valence-electron chi connectivity index (χ1n) is 25.7. The summed E-state index contributed by atoms with van der Waals surface area (Å²) in [5, 5.41) is 0. The van der Waals surface area contributed by atoms with Gasteiger partial charge in [-0.3, -0.25) is 14.4 Å². The Morgan fingerprint density at radius 2 is 0.677 bits per heavy atom. The Morgan fingerprint density at radius 3 is 1.15 bits per heavy atom. The first-order valence-corrected chi connectivity index (χ1v) is 25.7. The fourth-order valence-electron chi connectivity index (χ4n) is 6.35. The maximum atomic E-state index is 12.8. The number of carbonyl (C=O) groups is 3. The van der Waals surface area contributed by atoms with Crippen LogP contribution in [0.5, 0.6) is 0 Å². The van der Waals surface area contributed by atoms with Crippen LogP contribution >= 0.6 is 0 Å². The number of ether oxygens (including phenoxy) is 3. The molecule has 0 aromatic rings. The molecule has 0 heterocycles. The van der Waals surface area contributed by atoms with Gasteiger partial charge in [-0.2, -0.15) is 0 Å². The minimum absolute atomic E-state index is 0.137. The Kier molecular flexibility index (Phi) is 48.6. The molecule has 0 aliphatic rings. The van der Waals surface area contributed by atoms with E-state index in [0.717, 1.165) is 96.3 Å². The summed E-state index contributed by atoms with van der Waals surface area (Å²) < 4.78 is 16.6. The van der Waals surface area contributed by atoms with Crippen LogP contribution in [0.15, 0.2) is 134 Å². The highest BCUT2D eigenvalue weighted by Gasteiger charge is 2.19. The molecule has 0 N–H and O–H groups in total. The van der Waals surface area contributed by atoms with Gasteiger partial charge >= 0.3 is 17.9 Å². The van der Waals surface area contributed by atoms with Gasteiger partial charge in [0.2, 0.25) is 0 Å². The summed E-state index contributed by atoms with van der Waals surface area (Å²) in [4.78, 5) is 37.9. The molecule has 1 atom stereocenters. The van der Waals surface area contributed by atoms with Crippen molar-refractivity contribution in [2.24, 2.45) is 0 Å². The highest BCUT2D eigenvalue weighted by Crippen LogP contribution is 2.11. The van der Waals surface area contributed by atoms with Gasteiger partial charge in [-0.1, -0.05) is 199 Å². The molecule has 0 saturated heterocycles. The average molecular weight is 897 g/mol. The smallest absolute Gasteiger partial charge is 0.306 e. The molecule has 0 radical (unpaired) electrons. The second-order valence-corrected chi connectivity index (χ2v) is 16.3. The zero-order chi connectivity index (χ0) is 47.2. The molecule has 0 spiro atoms. The van der Waals surface area contributed by atoms with Crippen LogP contribution in [0.3, 0.4) is 0 Å². The molecule has 0 aromatic carbocycles. The lowest BCUT2D eigenvalue weighted by Gasteiger charge is -2.18. The Balaban J connectivity index is 4.60. The second kappa shape index (κ2) is 52.2. The largest absolute Gasteiger partial charge is 0.462 e. The van der Waals surface area contributed by atoms with E-state index in [2.05, 4.69) is 142 Å². The maximum absolute atomic E-state index is 12.8. The van der Waals surface area contributed by atoms with Crippen LogP contribution in [0.2, 0.25) is 0 Å². The highest BCUT2D eigenvalue weighted by molar-refractivity contribution is 5.71. The van der Waals surface area contributed by atoms with Crippen molar-refractivity contribution in [2.75, 3.05) is 13.2 Å². The molecular weight excluding hydrogens is 805 g/mol. The van der Waals surface area contributed by atoms with Crippen molar-refractivity contribution in [3.8, 4) is 0 Å². The maximum Gasteiger partial charge on any atom is 0.306 e. The van der Waals surface area contributed by atoms with Gasteiger partial charge in [-0.25, -0.2) is 0 Å². The van der Waals surface area contributed by atoms with Crippen molar-refractivity contribution >= 4 is 17.9 Å². The number of allylic oxidation sites excluding steroid dienone is 22. The number of hydrogen-bond acceptors (Lipinski definition) is 6. The summed E-state index contributed by atoms with van der Waals surface area (Å²) in [7, 11) is 0. The van der Waals surface area contributed by atoms with Gasteiger partial charge in [0, 0.05) is 19.3 Å². The summed E-state index contributed by atoms with van der Waals surface area (Å²) in [6, 6.07) is 0. The van der Waals surface area contributed by atoms with Gasteiger partial charge in [0.25, 0.3) is 0 Å². The molecule has 65 heavy (non-hydrogen) atoms. The van der Waals surface area contributed by atoms with Crippen molar-refractivity contribution in [1.29, 1.82) is 0 Å². The van der Waals surface area contributed by atoms with Gasteiger partial charge in [0.05, 0.1) is 0 Å². The molecule has 0 amide bonds. The minimum Gasteiger partial charge on any atom is -0.462 e. The van der Waals surface area contributed by atoms with Gasteiger partial charge in [0.15, 0.2) is 6.10 Å². The first kappa shape index (κ1) is 60.5. The van der Waals surface area contributed by atoms with Gasteiger partial charge < -0.3 is 14.2 Å². The summed E-state index contributed by atoms with van der Waals surface area (Å²) in [5.74, 6) is -1.10. The van der Waals surface area contributed by atoms with E-state index in [1.165, 1.54) is 44.9 Å². The summed E-state index contributed by atoms with van der Waals surface area (Å²) >= 11 is 0. The van der Waals surface area contributed by atoms with E-state index >= 15 is 0 Å². The molecule has 364 valence electrons. The van der Waals surface area contributed by atoms with E-state index in [-0.39, 0.29) is 50.4 Å². The SMILES string of the molecule is CC/C=C\C/C=C\C/C=C\C/C=C\C/C=C\C/C=C\CCC(=O)OCC(COC(=O)CCCC/C=C\C/C=C\C/C=C\CC)OC(=O)CCCCC/C=C\C=C/CCCCCCCCC. The van der Waals surface area contributed by atoms with E-state index in [9.17, 15) is 14.4 Å². The van der Waals surface area contributed by atoms with E-state index in [1.54, 1.807) is 0 Å². The third kappa shape index (κ3) is 50.4. The quantitative estimate of drug-likeness (QED) is 0.0199. The molecule has 0 bridgehead atoms. The monoisotopic (exact) mass is 897 g/mol. The predicted molar refractivity (Wildman–Crippen MR) is 279 cm³/mol. The standard InChI is InChI=1S/C59H92O6/c1-4-7-10-13-16-19-22-25-27-29-30-31-33-34-37-40-43-46-49-52-58(61)64-55-56(54-63-57(60)51-48-45-42-39-36-24-21-18-15-12-9-6-3)65-59(62)53-50-47-44-41-38-35-32-28-26-23-20-17-14-11-8-5-2/h7,9-10,12,16,18-19,21,25,27-28,30-32,34-39,43,46,56H,4-6,8,11,13-15,17,20,22-24,26,29,33,40-42,44-45,47-55H2,1-3H3/b10-7-,12-9-,19-16-,21-18-,27-25-,31-30-,32-28-,37-34-,38-35-,39-36-,46-43-. The molecule has 1 unspecified atom stereocenters.